The van der Waals surface area contributed by atoms with Gasteiger partial charge in [0.15, 0.2) is 0 Å². The quantitative estimate of drug-likeness (QED) is 0.871. The van der Waals surface area contributed by atoms with Crippen molar-refractivity contribution >= 4 is 5.91 Å². The van der Waals surface area contributed by atoms with E-state index in [-0.39, 0.29) is 5.91 Å². The van der Waals surface area contributed by atoms with Gasteiger partial charge in [-0.2, -0.15) is 5.10 Å². The summed E-state index contributed by atoms with van der Waals surface area (Å²) >= 11 is 0. The van der Waals surface area contributed by atoms with Gasteiger partial charge in [-0.3, -0.25) is 4.79 Å². The molecular formula is C14H23N5O. The number of hydrogen-bond acceptors (Lipinski definition) is 4. The second-order valence-electron chi connectivity index (χ2n) is 6.06. The number of hydrogen-bond donors (Lipinski definition) is 1. The van der Waals surface area contributed by atoms with Gasteiger partial charge in [0, 0.05) is 25.6 Å². The van der Waals surface area contributed by atoms with Gasteiger partial charge in [0.2, 0.25) is 5.91 Å². The number of nitrogens with one attached hydrogen (secondary N) is 1. The van der Waals surface area contributed by atoms with E-state index in [2.05, 4.69) is 22.3 Å². The van der Waals surface area contributed by atoms with E-state index in [0.29, 0.717) is 18.5 Å². The molecule has 0 bridgehead atoms. The molecule has 0 spiro atoms. The average Bonchev–Trinajstić information content (AvgIpc) is 2.92. The van der Waals surface area contributed by atoms with E-state index in [9.17, 15) is 4.79 Å². The second-order valence-corrected chi connectivity index (χ2v) is 6.06. The highest BCUT2D eigenvalue weighted by atomic mass is 16.2. The maximum atomic E-state index is 12.2. The number of piperidine rings is 1. The maximum Gasteiger partial charge on any atom is 0.236 e. The third-order valence-corrected chi connectivity index (χ3v) is 4.36. The van der Waals surface area contributed by atoms with Crippen LogP contribution >= 0.6 is 0 Å². The van der Waals surface area contributed by atoms with Crippen molar-refractivity contribution in [2.24, 2.45) is 5.92 Å². The summed E-state index contributed by atoms with van der Waals surface area (Å²) in [7, 11) is 0. The van der Waals surface area contributed by atoms with Crippen molar-refractivity contribution in [2.45, 2.75) is 45.2 Å². The molecule has 1 N–H and O–H groups in total. The highest BCUT2D eigenvalue weighted by Gasteiger charge is 2.23. The van der Waals surface area contributed by atoms with E-state index in [1.807, 2.05) is 9.58 Å². The Morgan fingerprint density at radius 2 is 2.35 bits per heavy atom. The lowest BCUT2D eigenvalue weighted by Crippen LogP contribution is -2.47. The molecule has 1 aromatic rings. The molecule has 2 aliphatic heterocycles. The Labute approximate surface area is 119 Å². The van der Waals surface area contributed by atoms with E-state index in [0.717, 1.165) is 44.7 Å². The molecule has 2 atom stereocenters. The normalized spacial score (nSPS) is 26.4. The molecule has 6 heteroatoms. The number of rotatable bonds is 3. The molecule has 1 aromatic heterocycles. The molecule has 0 unspecified atom stereocenters. The van der Waals surface area contributed by atoms with E-state index in [1.54, 1.807) is 6.33 Å². The molecule has 1 amide bonds. The molecule has 0 saturated carbocycles. The fourth-order valence-electron chi connectivity index (χ4n) is 3.16. The van der Waals surface area contributed by atoms with Crippen LogP contribution in [0.1, 0.15) is 32.0 Å². The van der Waals surface area contributed by atoms with Gasteiger partial charge in [-0.1, -0.05) is 6.92 Å². The molecule has 1 saturated heterocycles. The van der Waals surface area contributed by atoms with Crippen molar-refractivity contribution in [3.63, 3.8) is 0 Å². The van der Waals surface area contributed by atoms with Crippen LogP contribution in [-0.2, 0) is 17.8 Å². The molecule has 3 heterocycles. The van der Waals surface area contributed by atoms with E-state index >= 15 is 0 Å². The summed E-state index contributed by atoms with van der Waals surface area (Å²) in [6.07, 6.45) is 5.96. The average molecular weight is 277 g/mol. The molecular weight excluding hydrogens is 254 g/mol. The Kier molecular flexibility index (Phi) is 4.00. The van der Waals surface area contributed by atoms with Crippen LogP contribution in [0.4, 0.5) is 0 Å². The summed E-state index contributed by atoms with van der Waals surface area (Å²) in [5, 5.41) is 7.59. The van der Waals surface area contributed by atoms with Crippen molar-refractivity contribution in [1.29, 1.82) is 0 Å². The highest BCUT2D eigenvalue weighted by molar-refractivity contribution is 5.78. The van der Waals surface area contributed by atoms with Crippen LogP contribution < -0.4 is 5.32 Å². The van der Waals surface area contributed by atoms with E-state index in [1.165, 1.54) is 6.42 Å². The Hall–Kier alpha value is -1.43. The summed E-state index contributed by atoms with van der Waals surface area (Å²) in [5.74, 6) is 1.93. The standard InChI is InChI=1S/C14H23N5O/c1-11-3-2-6-18(8-11)14(20)7-15-12-4-5-13-16-10-17-19(13)9-12/h10-12,15H,2-9H2,1H3/t11-,12+/m0/s1. The minimum absolute atomic E-state index is 0.237. The van der Waals surface area contributed by atoms with Crippen molar-refractivity contribution in [3.8, 4) is 0 Å². The Morgan fingerprint density at radius 3 is 3.20 bits per heavy atom. The van der Waals surface area contributed by atoms with Gasteiger partial charge in [0.25, 0.3) is 0 Å². The molecule has 6 nitrogen and oxygen atoms in total. The van der Waals surface area contributed by atoms with E-state index in [4.69, 9.17) is 0 Å². The number of nitrogens with zero attached hydrogens (tertiary/aromatic N) is 4. The van der Waals surface area contributed by atoms with Crippen molar-refractivity contribution < 1.29 is 4.79 Å². The summed E-state index contributed by atoms with van der Waals surface area (Å²) in [6, 6.07) is 0.329. The van der Waals surface area contributed by atoms with Gasteiger partial charge < -0.3 is 10.2 Å². The Bertz CT molecular complexity index is 472. The second kappa shape index (κ2) is 5.91. The molecule has 2 aliphatic rings. The van der Waals surface area contributed by atoms with Crippen LogP contribution in [0, 0.1) is 5.92 Å². The fraction of sp³-hybridized carbons (Fsp3) is 0.786. The minimum atomic E-state index is 0.237. The molecule has 110 valence electrons. The lowest BCUT2D eigenvalue weighted by molar-refractivity contribution is -0.132. The molecule has 20 heavy (non-hydrogen) atoms. The minimum Gasteiger partial charge on any atom is -0.341 e. The number of fused-ring (bicyclic) bond motifs is 1. The first-order valence-corrected chi connectivity index (χ1v) is 7.60. The molecule has 0 radical (unpaired) electrons. The molecule has 0 aromatic carbocycles. The first-order chi connectivity index (χ1) is 9.72. The van der Waals surface area contributed by atoms with Crippen molar-refractivity contribution in [1.82, 2.24) is 25.0 Å². The number of amides is 1. The van der Waals surface area contributed by atoms with Crippen LogP contribution in [0.3, 0.4) is 0 Å². The lowest BCUT2D eigenvalue weighted by Gasteiger charge is -2.32. The first-order valence-electron chi connectivity index (χ1n) is 7.60. The van der Waals surface area contributed by atoms with Crippen LogP contribution in [0.25, 0.3) is 0 Å². The predicted molar refractivity (Wildman–Crippen MR) is 75.1 cm³/mol. The topological polar surface area (TPSA) is 63.1 Å². The molecule has 3 rings (SSSR count). The maximum absolute atomic E-state index is 12.2. The fourth-order valence-corrected chi connectivity index (χ4v) is 3.16. The largest absolute Gasteiger partial charge is 0.341 e. The van der Waals surface area contributed by atoms with Gasteiger partial charge in [-0.05, 0) is 25.2 Å². The van der Waals surface area contributed by atoms with Gasteiger partial charge in [-0.25, -0.2) is 9.67 Å². The third-order valence-electron chi connectivity index (χ3n) is 4.36. The van der Waals surface area contributed by atoms with Crippen LogP contribution in [0.5, 0.6) is 0 Å². The van der Waals surface area contributed by atoms with Gasteiger partial charge >= 0.3 is 0 Å². The van der Waals surface area contributed by atoms with Crippen LogP contribution in [0.2, 0.25) is 0 Å². The SMILES string of the molecule is C[C@H]1CCCN(C(=O)CN[C@@H]2CCc3ncnn3C2)C1. The Balaban J connectivity index is 1.47. The number of likely N-dealkylation sites (tertiary alicyclic amines) is 1. The van der Waals surface area contributed by atoms with Crippen LogP contribution in [0.15, 0.2) is 6.33 Å². The van der Waals surface area contributed by atoms with Gasteiger partial charge in [0.1, 0.15) is 12.2 Å². The number of carbonyl (C=O) groups is 1. The van der Waals surface area contributed by atoms with Gasteiger partial charge in [0.05, 0.1) is 13.1 Å². The van der Waals surface area contributed by atoms with Gasteiger partial charge in [-0.15, -0.1) is 0 Å². The van der Waals surface area contributed by atoms with Crippen LogP contribution in [-0.4, -0.2) is 51.2 Å². The Morgan fingerprint density at radius 1 is 1.45 bits per heavy atom. The first kappa shape index (κ1) is 13.5. The number of carbonyl (C=O) groups excluding carboxylic acids is 1. The summed E-state index contributed by atoms with van der Waals surface area (Å²) < 4.78 is 1.94. The summed E-state index contributed by atoms with van der Waals surface area (Å²) in [6.45, 7) is 5.32. The number of aryl methyl sites for hydroxylation is 1. The summed E-state index contributed by atoms with van der Waals surface area (Å²) in [4.78, 5) is 18.4. The smallest absolute Gasteiger partial charge is 0.236 e. The van der Waals surface area contributed by atoms with Crippen molar-refractivity contribution in [2.75, 3.05) is 19.6 Å². The zero-order valence-corrected chi connectivity index (χ0v) is 12.1. The number of aromatic nitrogens is 3. The third kappa shape index (κ3) is 3.00. The molecule has 0 aliphatic carbocycles. The highest BCUT2D eigenvalue weighted by Crippen LogP contribution is 2.15. The lowest BCUT2D eigenvalue weighted by atomic mass is 10.0. The monoisotopic (exact) mass is 277 g/mol. The zero-order chi connectivity index (χ0) is 13.9. The van der Waals surface area contributed by atoms with E-state index < -0.39 is 0 Å². The zero-order valence-electron chi connectivity index (χ0n) is 12.1. The van der Waals surface area contributed by atoms with Crippen molar-refractivity contribution in [3.05, 3.63) is 12.2 Å². The predicted octanol–water partition coefficient (Wildman–Crippen LogP) is 0.441. The molecule has 1 fully saturated rings. The summed E-state index contributed by atoms with van der Waals surface area (Å²) in [5.41, 5.74) is 0.